The normalized spacial score (nSPS) is 23.2. The van der Waals surface area contributed by atoms with E-state index in [-0.39, 0.29) is 24.3 Å². The van der Waals surface area contributed by atoms with Crippen LogP contribution in [-0.2, 0) is 19.9 Å². The molecule has 0 aromatic heterocycles. The molecule has 1 spiro atoms. The van der Waals surface area contributed by atoms with Gasteiger partial charge in [0.15, 0.2) is 0 Å². The van der Waals surface area contributed by atoms with Gasteiger partial charge in [0, 0.05) is 29.8 Å². The molecule has 0 bridgehead atoms. The maximum atomic E-state index is 13.6. The molecular formula is C24H28N4O5. The molecule has 2 aliphatic heterocycles. The zero-order chi connectivity index (χ0) is 23.8. The van der Waals surface area contributed by atoms with Crippen LogP contribution in [0.3, 0.4) is 0 Å². The second kappa shape index (κ2) is 8.74. The molecule has 1 fully saturated rings. The molecule has 9 nitrogen and oxygen atoms in total. The third kappa shape index (κ3) is 3.89. The number of aryl methyl sites for hydroxylation is 1. The minimum absolute atomic E-state index is 0.161. The maximum Gasteiger partial charge on any atom is 0.250 e. The summed E-state index contributed by atoms with van der Waals surface area (Å²) in [6, 6.07) is 10.5. The number of methoxy groups -OCH3 is 2. The molecule has 0 saturated carbocycles. The summed E-state index contributed by atoms with van der Waals surface area (Å²) in [4.78, 5) is 38.4. The molecule has 3 atom stereocenters. The molecule has 0 unspecified atom stereocenters. The van der Waals surface area contributed by atoms with Crippen LogP contribution in [0.1, 0.15) is 30.4 Å². The van der Waals surface area contributed by atoms with Gasteiger partial charge in [0.2, 0.25) is 17.7 Å². The summed E-state index contributed by atoms with van der Waals surface area (Å²) in [5.74, 6) is -0.738. The van der Waals surface area contributed by atoms with Gasteiger partial charge in [-0.2, -0.15) is 0 Å². The molecule has 1 saturated heterocycles. The smallest absolute Gasteiger partial charge is 0.250 e. The van der Waals surface area contributed by atoms with Crippen molar-refractivity contribution in [3.8, 4) is 11.5 Å². The molecule has 2 aromatic rings. The average Bonchev–Trinajstić information content (AvgIpc) is 3.32. The summed E-state index contributed by atoms with van der Waals surface area (Å²) < 4.78 is 10.7. The summed E-state index contributed by atoms with van der Waals surface area (Å²) in [5.41, 5.74) is 6.89. The van der Waals surface area contributed by atoms with Gasteiger partial charge in [-0.25, -0.2) is 0 Å². The summed E-state index contributed by atoms with van der Waals surface area (Å²) in [5, 5.41) is 9.27. The Labute approximate surface area is 192 Å². The minimum atomic E-state index is -1.25. The van der Waals surface area contributed by atoms with Crippen molar-refractivity contribution in [2.45, 2.75) is 37.8 Å². The number of carbonyl (C=O) groups excluding carboxylic acids is 3. The molecule has 33 heavy (non-hydrogen) atoms. The molecule has 4 rings (SSSR count). The molecular weight excluding hydrogens is 424 g/mol. The highest BCUT2D eigenvalue weighted by molar-refractivity contribution is 6.11. The zero-order valence-electron chi connectivity index (χ0n) is 18.9. The molecule has 2 heterocycles. The molecule has 174 valence electrons. The summed E-state index contributed by atoms with van der Waals surface area (Å²) >= 11 is 0. The second-order valence-corrected chi connectivity index (χ2v) is 8.45. The standard InChI is InChI=1S/C24H28N4O5/c1-13-5-4-6-16-21(13)27-23(31)24(16)17(11-14(28-24)7-10-20(25)29)22(30)26-18-12-15(32-2)8-9-19(18)33-3/h4-6,8-9,12,14,17,28H,7,10-11H2,1-3H3,(H2,25,29)(H,26,30)(H,27,31)/t14-,17+,24-/m0/s1. The summed E-state index contributed by atoms with van der Waals surface area (Å²) in [7, 11) is 3.05. The lowest BCUT2D eigenvalue weighted by Crippen LogP contribution is -2.52. The van der Waals surface area contributed by atoms with Crippen LogP contribution in [0.5, 0.6) is 11.5 Å². The monoisotopic (exact) mass is 452 g/mol. The number of ether oxygens (including phenoxy) is 2. The molecule has 2 aliphatic rings. The van der Waals surface area contributed by atoms with Crippen LogP contribution < -0.4 is 31.2 Å². The third-order valence-corrected chi connectivity index (χ3v) is 6.49. The van der Waals surface area contributed by atoms with Gasteiger partial charge in [-0.3, -0.25) is 19.7 Å². The van der Waals surface area contributed by atoms with Crippen LogP contribution in [-0.4, -0.2) is 38.0 Å². The number of primary amides is 1. The SMILES string of the molecule is COc1ccc(OC)c(NC(=O)[C@H]2C[C@H](CCC(N)=O)N[C@]23C(=O)Nc2c(C)cccc23)c1. The summed E-state index contributed by atoms with van der Waals surface area (Å²) in [6.07, 6.45) is 0.956. The van der Waals surface area contributed by atoms with Crippen molar-refractivity contribution in [2.24, 2.45) is 11.7 Å². The first-order valence-electron chi connectivity index (χ1n) is 10.8. The molecule has 0 aliphatic carbocycles. The van der Waals surface area contributed by atoms with Crippen LogP contribution in [0.2, 0.25) is 0 Å². The van der Waals surface area contributed by atoms with E-state index in [1.165, 1.54) is 14.2 Å². The van der Waals surface area contributed by atoms with E-state index < -0.39 is 17.4 Å². The fourth-order valence-electron chi connectivity index (χ4n) is 4.87. The van der Waals surface area contributed by atoms with Gasteiger partial charge in [-0.05, 0) is 37.5 Å². The Morgan fingerprint density at radius 1 is 1.21 bits per heavy atom. The fraction of sp³-hybridized carbons (Fsp3) is 0.375. The van der Waals surface area contributed by atoms with E-state index in [0.717, 1.165) is 11.1 Å². The van der Waals surface area contributed by atoms with Crippen molar-refractivity contribution in [3.05, 3.63) is 47.5 Å². The Morgan fingerprint density at radius 2 is 2.00 bits per heavy atom. The Bertz CT molecular complexity index is 1120. The number of nitrogens with one attached hydrogen (secondary N) is 3. The first-order chi connectivity index (χ1) is 15.8. The van der Waals surface area contributed by atoms with Gasteiger partial charge < -0.3 is 25.8 Å². The van der Waals surface area contributed by atoms with Crippen LogP contribution in [0.4, 0.5) is 11.4 Å². The van der Waals surface area contributed by atoms with Crippen molar-refractivity contribution in [1.29, 1.82) is 0 Å². The van der Waals surface area contributed by atoms with Gasteiger partial charge in [0.05, 0.1) is 25.8 Å². The van der Waals surface area contributed by atoms with Gasteiger partial charge in [0.25, 0.3) is 0 Å². The molecule has 5 N–H and O–H groups in total. The van der Waals surface area contributed by atoms with Crippen molar-refractivity contribution >= 4 is 29.1 Å². The predicted molar refractivity (Wildman–Crippen MR) is 123 cm³/mol. The van der Waals surface area contributed by atoms with E-state index in [2.05, 4.69) is 16.0 Å². The Balaban J connectivity index is 1.72. The van der Waals surface area contributed by atoms with Gasteiger partial charge >= 0.3 is 0 Å². The van der Waals surface area contributed by atoms with E-state index >= 15 is 0 Å². The van der Waals surface area contributed by atoms with Crippen LogP contribution >= 0.6 is 0 Å². The number of hydrogen-bond donors (Lipinski definition) is 4. The highest BCUT2D eigenvalue weighted by atomic mass is 16.5. The van der Waals surface area contributed by atoms with Crippen LogP contribution in [0, 0.1) is 12.8 Å². The number of nitrogens with two attached hydrogens (primary N) is 1. The Hall–Kier alpha value is -3.59. The van der Waals surface area contributed by atoms with Gasteiger partial charge in [0.1, 0.15) is 17.0 Å². The van der Waals surface area contributed by atoms with Crippen LogP contribution in [0.25, 0.3) is 0 Å². The number of benzene rings is 2. The number of fused-ring (bicyclic) bond motifs is 2. The Kier molecular flexibility index (Phi) is 5.99. The van der Waals surface area contributed by atoms with E-state index in [1.54, 1.807) is 18.2 Å². The van der Waals surface area contributed by atoms with Gasteiger partial charge in [-0.1, -0.05) is 18.2 Å². The number of hydrogen-bond acceptors (Lipinski definition) is 6. The quantitative estimate of drug-likeness (QED) is 0.508. The Morgan fingerprint density at radius 3 is 2.70 bits per heavy atom. The lowest BCUT2D eigenvalue weighted by atomic mass is 9.79. The topological polar surface area (TPSA) is 132 Å². The molecule has 3 amide bonds. The predicted octanol–water partition coefficient (Wildman–Crippen LogP) is 2.04. The van der Waals surface area contributed by atoms with E-state index in [1.807, 2.05) is 25.1 Å². The number of carbonyl (C=O) groups is 3. The number of rotatable bonds is 7. The van der Waals surface area contributed by atoms with Crippen molar-refractivity contribution in [3.63, 3.8) is 0 Å². The van der Waals surface area contributed by atoms with Crippen molar-refractivity contribution < 1.29 is 23.9 Å². The number of amides is 3. The fourth-order valence-corrected chi connectivity index (χ4v) is 4.87. The lowest BCUT2D eigenvalue weighted by Gasteiger charge is -2.29. The highest BCUT2D eigenvalue weighted by Crippen LogP contribution is 2.49. The van der Waals surface area contributed by atoms with Gasteiger partial charge in [-0.15, -0.1) is 0 Å². The first-order valence-corrected chi connectivity index (χ1v) is 10.8. The largest absolute Gasteiger partial charge is 0.497 e. The molecule has 0 radical (unpaired) electrons. The molecule has 2 aromatic carbocycles. The number of anilines is 2. The third-order valence-electron chi connectivity index (χ3n) is 6.49. The van der Waals surface area contributed by atoms with E-state index in [0.29, 0.717) is 35.7 Å². The first kappa shape index (κ1) is 22.6. The highest BCUT2D eigenvalue weighted by Gasteiger charge is 2.60. The van der Waals surface area contributed by atoms with Crippen molar-refractivity contribution in [2.75, 3.05) is 24.9 Å². The minimum Gasteiger partial charge on any atom is -0.497 e. The lowest BCUT2D eigenvalue weighted by molar-refractivity contribution is -0.130. The summed E-state index contributed by atoms with van der Waals surface area (Å²) in [6.45, 7) is 1.91. The number of para-hydroxylation sites is 1. The average molecular weight is 453 g/mol. The molecule has 9 heteroatoms. The zero-order valence-corrected chi connectivity index (χ0v) is 18.9. The van der Waals surface area contributed by atoms with Crippen molar-refractivity contribution in [1.82, 2.24) is 5.32 Å². The van der Waals surface area contributed by atoms with E-state index in [4.69, 9.17) is 15.2 Å². The second-order valence-electron chi connectivity index (χ2n) is 8.45. The van der Waals surface area contributed by atoms with E-state index in [9.17, 15) is 14.4 Å². The maximum absolute atomic E-state index is 13.6. The van der Waals surface area contributed by atoms with Crippen LogP contribution in [0.15, 0.2) is 36.4 Å².